The summed E-state index contributed by atoms with van der Waals surface area (Å²) in [4.78, 5) is 12.6. The van der Waals surface area contributed by atoms with E-state index in [0.29, 0.717) is 11.3 Å². The molecule has 1 aliphatic heterocycles. The molecule has 0 bridgehead atoms. The van der Waals surface area contributed by atoms with Crippen LogP contribution in [0.3, 0.4) is 0 Å². The van der Waals surface area contributed by atoms with Crippen LogP contribution in [-0.4, -0.2) is 36.6 Å². The topological polar surface area (TPSA) is 32.3 Å². The molecule has 0 fully saturated rings. The number of alkyl halides is 3. The summed E-state index contributed by atoms with van der Waals surface area (Å²) in [5, 5.41) is 2.94. The molecule has 0 aromatic heterocycles. The van der Waals surface area contributed by atoms with E-state index in [2.05, 4.69) is 5.32 Å². The monoisotopic (exact) mass is 258 g/mol. The number of fused-ring (bicyclic) bond motifs is 1. The van der Waals surface area contributed by atoms with Gasteiger partial charge in [0.1, 0.15) is 12.6 Å². The Morgan fingerprint density at radius 3 is 2.72 bits per heavy atom. The molecule has 0 aliphatic carbocycles. The van der Waals surface area contributed by atoms with Crippen molar-refractivity contribution in [3.63, 3.8) is 0 Å². The molecule has 1 atom stereocenters. The average Bonchev–Trinajstić information content (AvgIpc) is 2.68. The maximum atomic E-state index is 12.2. The molecular formula is C12H13F3N2O. The van der Waals surface area contributed by atoms with Crippen LogP contribution in [0.5, 0.6) is 0 Å². The highest BCUT2D eigenvalue weighted by atomic mass is 19.4. The van der Waals surface area contributed by atoms with Crippen molar-refractivity contribution in [2.75, 3.05) is 18.9 Å². The number of halogens is 3. The lowest BCUT2D eigenvalue weighted by Gasteiger charge is -2.22. The van der Waals surface area contributed by atoms with Gasteiger partial charge in [-0.15, -0.1) is 0 Å². The normalized spacial score (nSPS) is 18.1. The highest BCUT2D eigenvalue weighted by Crippen LogP contribution is 2.26. The van der Waals surface area contributed by atoms with E-state index in [1.807, 2.05) is 24.3 Å². The molecule has 1 aromatic rings. The summed E-state index contributed by atoms with van der Waals surface area (Å²) in [7, 11) is 1.17. The third-order valence-corrected chi connectivity index (χ3v) is 2.86. The van der Waals surface area contributed by atoms with Crippen molar-refractivity contribution in [1.82, 2.24) is 4.90 Å². The molecule has 1 N–H and O–H groups in total. The Kier molecular flexibility index (Phi) is 3.19. The Labute approximate surface area is 103 Å². The first kappa shape index (κ1) is 12.7. The second-order valence-corrected chi connectivity index (χ2v) is 4.37. The van der Waals surface area contributed by atoms with E-state index in [1.54, 1.807) is 0 Å². The number of carbonyl (C=O) groups excluding carboxylic acids is 1. The van der Waals surface area contributed by atoms with Crippen LogP contribution in [0.4, 0.5) is 18.9 Å². The predicted molar refractivity (Wildman–Crippen MR) is 61.2 cm³/mol. The lowest BCUT2D eigenvalue weighted by molar-refractivity contribution is -0.158. The minimum absolute atomic E-state index is 0.428. The first-order valence-electron chi connectivity index (χ1n) is 5.53. The van der Waals surface area contributed by atoms with Gasteiger partial charge in [0.2, 0.25) is 5.91 Å². The highest BCUT2D eigenvalue weighted by Gasteiger charge is 2.35. The molecule has 0 unspecified atom stereocenters. The van der Waals surface area contributed by atoms with E-state index in [9.17, 15) is 18.0 Å². The first-order chi connectivity index (χ1) is 8.37. The zero-order valence-corrected chi connectivity index (χ0v) is 9.79. The second-order valence-electron chi connectivity index (χ2n) is 4.37. The summed E-state index contributed by atoms with van der Waals surface area (Å²) in [5.74, 6) is -0.538. The predicted octanol–water partition coefficient (Wildman–Crippen LogP) is 2.04. The van der Waals surface area contributed by atoms with Gasteiger partial charge in [-0.05, 0) is 11.6 Å². The van der Waals surface area contributed by atoms with Crippen LogP contribution < -0.4 is 5.32 Å². The van der Waals surface area contributed by atoms with Gasteiger partial charge in [0.25, 0.3) is 0 Å². The lowest BCUT2D eigenvalue weighted by Crippen LogP contribution is -2.43. The Balaban J connectivity index is 2.01. The Morgan fingerprint density at radius 1 is 1.44 bits per heavy atom. The fourth-order valence-corrected chi connectivity index (χ4v) is 2.06. The van der Waals surface area contributed by atoms with Gasteiger partial charge in [0.15, 0.2) is 0 Å². The van der Waals surface area contributed by atoms with Gasteiger partial charge in [0, 0.05) is 19.2 Å². The molecule has 98 valence electrons. The van der Waals surface area contributed by atoms with Crippen LogP contribution in [0.25, 0.3) is 0 Å². The molecule has 1 aromatic carbocycles. The second kappa shape index (κ2) is 4.51. The molecule has 1 amide bonds. The first-order valence-corrected chi connectivity index (χ1v) is 5.53. The lowest BCUT2D eigenvalue weighted by atomic mass is 10.1. The standard InChI is InChI=1S/C12H13F3N2O/c1-17(7-12(13,14)15)11(18)10-6-8-4-2-3-5-9(8)16-10/h2-5,10,16H,6-7H2,1H3/t10-/m0/s1. The molecule has 1 heterocycles. The van der Waals surface area contributed by atoms with E-state index in [0.717, 1.165) is 11.3 Å². The van der Waals surface area contributed by atoms with Crippen molar-refractivity contribution < 1.29 is 18.0 Å². The third-order valence-electron chi connectivity index (χ3n) is 2.86. The summed E-state index contributed by atoms with van der Waals surface area (Å²) in [6.45, 7) is -1.22. The summed E-state index contributed by atoms with van der Waals surface area (Å²) in [6, 6.07) is 6.73. The van der Waals surface area contributed by atoms with E-state index in [-0.39, 0.29) is 0 Å². The largest absolute Gasteiger partial charge is 0.406 e. The number of amides is 1. The summed E-state index contributed by atoms with van der Waals surface area (Å²) in [6.07, 6.45) is -3.94. The number of hydrogen-bond donors (Lipinski definition) is 1. The maximum Gasteiger partial charge on any atom is 0.406 e. The number of hydrogen-bond acceptors (Lipinski definition) is 2. The molecular weight excluding hydrogens is 245 g/mol. The third kappa shape index (κ3) is 2.75. The van der Waals surface area contributed by atoms with E-state index >= 15 is 0 Å². The minimum Gasteiger partial charge on any atom is -0.373 e. The molecule has 6 heteroatoms. The number of benzene rings is 1. The molecule has 1 aliphatic rings. The zero-order valence-electron chi connectivity index (χ0n) is 9.79. The summed E-state index contributed by atoms with van der Waals surface area (Å²) >= 11 is 0. The number of carbonyl (C=O) groups is 1. The van der Waals surface area contributed by atoms with Crippen molar-refractivity contribution in [2.24, 2.45) is 0 Å². The quantitative estimate of drug-likeness (QED) is 0.880. The van der Waals surface area contributed by atoms with Gasteiger partial charge in [-0.25, -0.2) is 0 Å². The fraction of sp³-hybridized carbons (Fsp3) is 0.417. The molecule has 0 saturated heterocycles. The van der Waals surface area contributed by atoms with Crippen molar-refractivity contribution in [2.45, 2.75) is 18.6 Å². The van der Waals surface area contributed by atoms with Gasteiger partial charge < -0.3 is 10.2 Å². The Bertz CT molecular complexity index is 434. The van der Waals surface area contributed by atoms with Gasteiger partial charge in [-0.1, -0.05) is 18.2 Å². The smallest absolute Gasteiger partial charge is 0.373 e. The fourth-order valence-electron chi connectivity index (χ4n) is 2.06. The van der Waals surface area contributed by atoms with E-state index in [4.69, 9.17) is 0 Å². The number of nitrogens with one attached hydrogen (secondary N) is 1. The van der Waals surface area contributed by atoms with E-state index in [1.165, 1.54) is 7.05 Å². The number of nitrogens with zero attached hydrogens (tertiary/aromatic N) is 1. The van der Waals surface area contributed by atoms with Crippen LogP contribution in [0.2, 0.25) is 0 Å². The molecule has 3 nitrogen and oxygen atoms in total. The van der Waals surface area contributed by atoms with Crippen molar-refractivity contribution in [3.05, 3.63) is 29.8 Å². The van der Waals surface area contributed by atoms with Crippen molar-refractivity contribution in [3.8, 4) is 0 Å². The molecule has 0 spiro atoms. The number of anilines is 1. The van der Waals surface area contributed by atoms with Gasteiger partial charge >= 0.3 is 6.18 Å². The van der Waals surface area contributed by atoms with Crippen molar-refractivity contribution in [1.29, 1.82) is 0 Å². The van der Waals surface area contributed by atoms with E-state index < -0.39 is 24.7 Å². The Hall–Kier alpha value is -1.72. The molecule has 18 heavy (non-hydrogen) atoms. The van der Waals surface area contributed by atoms with Crippen molar-refractivity contribution >= 4 is 11.6 Å². The number of rotatable bonds is 2. The average molecular weight is 258 g/mol. The maximum absolute atomic E-state index is 12.2. The number of likely N-dealkylation sites (N-methyl/N-ethyl adjacent to an activating group) is 1. The number of para-hydroxylation sites is 1. The summed E-state index contributed by atoms with van der Waals surface area (Å²) < 4.78 is 36.6. The SMILES string of the molecule is CN(CC(F)(F)F)C(=O)[C@@H]1Cc2ccccc2N1. The van der Waals surface area contributed by atoms with Crippen LogP contribution in [0.15, 0.2) is 24.3 Å². The summed E-state index contributed by atoms with van der Waals surface area (Å²) in [5.41, 5.74) is 1.77. The molecule has 0 radical (unpaired) electrons. The molecule has 0 saturated carbocycles. The highest BCUT2D eigenvalue weighted by molar-refractivity contribution is 5.87. The van der Waals surface area contributed by atoms with Gasteiger partial charge in [0.05, 0.1) is 0 Å². The van der Waals surface area contributed by atoms with Gasteiger partial charge in [-0.2, -0.15) is 13.2 Å². The minimum atomic E-state index is -4.37. The van der Waals surface area contributed by atoms with Gasteiger partial charge in [-0.3, -0.25) is 4.79 Å². The Morgan fingerprint density at radius 2 is 2.11 bits per heavy atom. The van der Waals surface area contributed by atoms with Crippen LogP contribution in [0, 0.1) is 0 Å². The molecule has 2 rings (SSSR count). The van der Waals surface area contributed by atoms with Crippen LogP contribution in [0.1, 0.15) is 5.56 Å². The van der Waals surface area contributed by atoms with Crippen LogP contribution >= 0.6 is 0 Å². The van der Waals surface area contributed by atoms with Crippen LogP contribution in [-0.2, 0) is 11.2 Å². The zero-order chi connectivity index (χ0) is 13.3.